The quantitative estimate of drug-likeness (QED) is 0.893. The molecule has 1 aromatic carbocycles. The number of ether oxygens (including phenoxy) is 2. The van der Waals surface area contributed by atoms with Gasteiger partial charge in [-0.2, -0.15) is 8.78 Å². The highest BCUT2D eigenvalue weighted by molar-refractivity contribution is 7.91. The van der Waals surface area contributed by atoms with Crippen molar-refractivity contribution in [1.82, 2.24) is 0 Å². The van der Waals surface area contributed by atoms with Gasteiger partial charge in [0.1, 0.15) is 0 Å². The van der Waals surface area contributed by atoms with Crippen molar-refractivity contribution in [2.24, 2.45) is 11.7 Å². The third-order valence-electron chi connectivity index (χ3n) is 3.56. The van der Waals surface area contributed by atoms with Crippen molar-refractivity contribution >= 4 is 9.84 Å². The Morgan fingerprint density at radius 3 is 2.57 bits per heavy atom. The van der Waals surface area contributed by atoms with Crippen LogP contribution >= 0.6 is 0 Å². The van der Waals surface area contributed by atoms with E-state index in [-0.39, 0.29) is 28.9 Å². The predicted octanol–water partition coefficient (Wildman–Crippen LogP) is 1.73. The largest absolute Gasteiger partial charge is 0.493 e. The lowest BCUT2D eigenvalue weighted by molar-refractivity contribution is -0.0512. The number of sulfone groups is 1. The second-order valence-corrected chi connectivity index (χ2v) is 7.21. The molecule has 2 atom stereocenters. The van der Waals surface area contributed by atoms with Crippen LogP contribution in [0, 0.1) is 5.92 Å². The topological polar surface area (TPSA) is 78.6 Å². The van der Waals surface area contributed by atoms with Gasteiger partial charge in [-0.15, -0.1) is 0 Å². The van der Waals surface area contributed by atoms with Gasteiger partial charge in [-0.1, -0.05) is 6.07 Å². The van der Waals surface area contributed by atoms with Gasteiger partial charge < -0.3 is 15.2 Å². The molecule has 5 nitrogen and oxygen atoms in total. The molecule has 0 aromatic heterocycles. The van der Waals surface area contributed by atoms with Crippen molar-refractivity contribution in [3.8, 4) is 11.5 Å². The van der Waals surface area contributed by atoms with Crippen molar-refractivity contribution in [2.75, 3.05) is 18.6 Å². The van der Waals surface area contributed by atoms with Crippen LogP contribution < -0.4 is 15.2 Å². The van der Waals surface area contributed by atoms with Gasteiger partial charge in [0.15, 0.2) is 21.3 Å². The SMILES string of the molecule is COc1ccc(C(N)C2CCS(=O)(=O)C2)cc1OC(F)F. The average molecular weight is 321 g/mol. The molecule has 0 aliphatic carbocycles. The van der Waals surface area contributed by atoms with Crippen molar-refractivity contribution in [2.45, 2.75) is 19.1 Å². The molecule has 1 saturated heterocycles. The Morgan fingerprint density at radius 1 is 1.33 bits per heavy atom. The van der Waals surface area contributed by atoms with E-state index in [9.17, 15) is 17.2 Å². The molecule has 21 heavy (non-hydrogen) atoms. The van der Waals surface area contributed by atoms with Gasteiger partial charge in [0.25, 0.3) is 0 Å². The number of benzene rings is 1. The molecule has 1 fully saturated rings. The lowest BCUT2D eigenvalue weighted by atomic mass is 9.93. The Kier molecular flexibility index (Phi) is 4.67. The van der Waals surface area contributed by atoms with Crippen LogP contribution in [0.1, 0.15) is 18.0 Å². The standard InChI is InChI=1S/C13H17F2NO4S/c1-19-10-3-2-8(6-11(10)20-13(14)15)12(16)9-4-5-21(17,18)7-9/h2-3,6,9,12-13H,4-5,7,16H2,1H3. The first-order chi connectivity index (χ1) is 9.82. The molecule has 2 unspecified atom stereocenters. The summed E-state index contributed by atoms with van der Waals surface area (Å²) >= 11 is 0. The van der Waals surface area contributed by atoms with Crippen LogP contribution in [0.25, 0.3) is 0 Å². The molecule has 1 aliphatic heterocycles. The highest BCUT2D eigenvalue weighted by Crippen LogP contribution is 2.35. The number of hydrogen-bond donors (Lipinski definition) is 1. The van der Waals surface area contributed by atoms with E-state index in [1.165, 1.54) is 19.2 Å². The summed E-state index contributed by atoms with van der Waals surface area (Å²) < 4.78 is 57.1. The van der Waals surface area contributed by atoms with Crippen LogP contribution in [-0.4, -0.2) is 33.6 Å². The molecule has 0 amide bonds. The molecule has 0 bridgehead atoms. The maximum absolute atomic E-state index is 12.4. The van der Waals surface area contributed by atoms with Crippen LogP contribution in [0.5, 0.6) is 11.5 Å². The normalized spacial score (nSPS) is 22.2. The van der Waals surface area contributed by atoms with Gasteiger partial charge in [0, 0.05) is 6.04 Å². The Balaban J connectivity index is 2.23. The molecule has 1 heterocycles. The van der Waals surface area contributed by atoms with Crippen molar-refractivity contribution < 1.29 is 26.7 Å². The van der Waals surface area contributed by atoms with Crippen LogP contribution in [-0.2, 0) is 9.84 Å². The summed E-state index contributed by atoms with van der Waals surface area (Å²) in [5.74, 6) is -0.0259. The van der Waals surface area contributed by atoms with E-state index in [2.05, 4.69) is 4.74 Å². The Bertz CT molecular complexity index is 606. The van der Waals surface area contributed by atoms with E-state index in [0.29, 0.717) is 12.0 Å². The summed E-state index contributed by atoms with van der Waals surface area (Å²) in [6.45, 7) is -2.97. The highest BCUT2D eigenvalue weighted by Gasteiger charge is 2.33. The van der Waals surface area contributed by atoms with Crippen LogP contribution in [0.15, 0.2) is 18.2 Å². The first-order valence-corrected chi connectivity index (χ1v) is 8.23. The zero-order valence-corrected chi connectivity index (χ0v) is 12.3. The summed E-state index contributed by atoms with van der Waals surface area (Å²) in [4.78, 5) is 0. The van der Waals surface area contributed by atoms with Gasteiger partial charge in [0.2, 0.25) is 0 Å². The van der Waals surface area contributed by atoms with E-state index in [0.717, 1.165) is 0 Å². The number of methoxy groups -OCH3 is 1. The van der Waals surface area contributed by atoms with Crippen molar-refractivity contribution in [3.63, 3.8) is 0 Å². The van der Waals surface area contributed by atoms with Crippen LogP contribution in [0.2, 0.25) is 0 Å². The second-order valence-electron chi connectivity index (χ2n) is 4.98. The summed E-state index contributed by atoms with van der Waals surface area (Å²) in [6.07, 6.45) is 0.473. The first kappa shape index (κ1) is 16.0. The van der Waals surface area contributed by atoms with Crippen LogP contribution in [0.4, 0.5) is 8.78 Å². The molecule has 0 radical (unpaired) electrons. The molecule has 1 aliphatic rings. The Hall–Kier alpha value is -1.41. The van der Waals surface area contributed by atoms with E-state index in [4.69, 9.17) is 10.5 Å². The Labute approximate surface area is 122 Å². The van der Waals surface area contributed by atoms with Gasteiger partial charge in [-0.25, -0.2) is 8.42 Å². The Morgan fingerprint density at radius 2 is 2.05 bits per heavy atom. The van der Waals surface area contributed by atoms with Gasteiger partial charge >= 0.3 is 6.61 Å². The van der Waals surface area contributed by atoms with Gasteiger partial charge in [-0.05, 0) is 30.0 Å². The molecular formula is C13H17F2NO4S. The van der Waals surface area contributed by atoms with Crippen molar-refractivity contribution in [1.29, 1.82) is 0 Å². The smallest absolute Gasteiger partial charge is 0.387 e. The number of hydrogen-bond acceptors (Lipinski definition) is 5. The molecule has 2 N–H and O–H groups in total. The van der Waals surface area contributed by atoms with Gasteiger partial charge in [-0.3, -0.25) is 0 Å². The zero-order valence-electron chi connectivity index (χ0n) is 11.5. The highest BCUT2D eigenvalue weighted by atomic mass is 32.2. The third-order valence-corrected chi connectivity index (χ3v) is 5.36. The molecular weight excluding hydrogens is 304 g/mol. The summed E-state index contributed by atoms with van der Waals surface area (Å²) in [7, 11) is -1.70. The first-order valence-electron chi connectivity index (χ1n) is 6.41. The number of rotatable bonds is 5. The number of nitrogens with two attached hydrogens (primary N) is 1. The van der Waals surface area contributed by atoms with Crippen LogP contribution in [0.3, 0.4) is 0 Å². The van der Waals surface area contributed by atoms with E-state index < -0.39 is 22.5 Å². The monoisotopic (exact) mass is 321 g/mol. The van der Waals surface area contributed by atoms with Gasteiger partial charge in [0.05, 0.1) is 18.6 Å². The predicted molar refractivity (Wildman–Crippen MR) is 73.3 cm³/mol. The minimum Gasteiger partial charge on any atom is -0.493 e. The van der Waals surface area contributed by atoms with Crippen molar-refractivity contribution in [3.05, 3.63) is 23.8 Å². The fraction of sp³-hybridized carbons (Fsp3) is 0.538. The lowest BCUT2D eigenvalue weighted by Gasteiger charge is -2.20. The van der Waals surface area contributed by atoms with E-state index >= 15 is 0 Å². The second kappa shape index (κ2) is 6.15. The summed E-state index contributed by atoms with van der Waals surface area (Å²) in [6, 6.07) is 3.94. The minimum absolute atomic E-state index is 0.0191. The van der Waals surface area contributed by atoms with E-state index in [1.807, 2.05) is 0 Å². The molecule has 0 saturated carbocycles. The third kappa shape index (κ3) is 3.82. The molecule has 8 heteroatoms. The minimum atomic E-state index is -3.05. The maximum Gasteiger partial charge on any atom is 0.387 e. The average Bonchev–Trinajstić information content (AvgIpc) is 2.77. The maximum atomic E-state index is 12.4. The fourth-order valence-electron chi connectivity index (χ4n) is 2.47. The number of halogens is 2. The number of alkyl halides is 2. The molecule has 1 aromatic rings. The zero-order chi connectivity index (χ0) is 15.6. The molecule has 0 spiro atoms. The lowest BCUT2D eigenvalue weighted by Crippen LogP contribution is -2.22. The molecule has 2 rings (SSSR count). The molecule has 118 valence electrons. The summed E-state index contributed by atoms with van der Waals surface area (Å²) in [5, 5.41) is 0. The van der Waals surface area contributed by atoms with E-state index in [1.54, 1.807) is 6.07 Å². The summed E-state index contributed by atoms with van der Waals surface area (Å²) in [5.41, 5.74) is 6.61. The fourth-order valence-corrected chi connectivity index (χ4v) is 4.32.